The van der Waals surface area contributed by atoms with Crippen LogP contribution in [0.3, 0.4) is 0 Å². The Morgan fingerprint density at radius 3 is 2.89 bits per heavy atom. The highest BCUT2D eigenvalue weighted by molar-refractivity contribution is 6.34. The Balaban J connectivity index is 3.00. The number of hydrogen-bond donors (Lipinski definition) is 1. The monoisotopic (exact) mass is 273 g/mol. The number of aromatic nitrogens is 2. The first-order chi connectivity index (χ1) is 8.44. The van der Waals surface area contributed by atoms with Gasteiger partial charge in [0.05, 0.1) is 29.9 Å². The van der Waals surface area contributed by atoms with E-state index in [9.17, 15) is 4.79 Å². The third-order valence-electron chi connectivity index (χ3n) is 2.81. The van der Waals surface area contributed by atoms with Gasteiger partial charge in [0.2, 0.25) is 5.78 Å². The molecule has 0 aromatic carbocycles. The van der Waals surface area contributed by atoms with Crippen molar-refractivity contribution >= 4 is 17.4 Å². The number of hydrogen-bond acceptors (Lipinski definition) is 4. The van der Waals surface area contributed by atoms with Crippen molar-refractivity contribution in [2.45, 2.75) is 38.8 Å². The van der Waals surface area contributed by atoms with Crippen LogP contribution in [0.25, 0.3) is 0 Å². The highest BCUT2D eigenvalue weighted by Gasteiger charge is 2.32. The molecule has 5 nitrogen and oxygen atoms in total. The second kappa shape index (κ2) is 6.31. The number of ketones is 1. The minimum Gasteiger partial charge on any atom is -0.383 e. The summed E-state index contributed by atoms with van der Waals surface area (Å²) in [5, 5.41) is 4.41. The Hall–Kier alpha value is -0.910. The zero-order chi connectivity index (χ0) is 13.8. The molecular formula is C12H20ClN3O2. The number of Topliss-reactive ketones (excluding diaryl/α,β-unsaturated/α-hetero) is 1. The standard InChI is InChI=1S/C12H20ClN3O2/c1-4-5-12(2,14)11(17)10-9(13)8-15-16(10)6-7-18-3/h8H,4-7,14H2,1-3H3. The molecule has 102 valence electrons. The lowest BCUT2D eigenvalue weighted by Gasteiger charge is -2.22. The van der Waals surface area contributed by atoms with Gasteiger partial charge in [-0.2, -0.15) is 5.10 Å². The molecule has 1 atom stereocenters. The molecule has 1 rings (SSSR count). The molecule has 2 N–H and O–H groups in total. The van der Waals surface area contributed by atoms with Gasteiger partial charge in [-0.05, 0) is 13.3 Å². The first-order valence-electron chi connectivity index (χ1n) is 5.98. The highest BCUT2D eigenvalue weighted by Crippen LogP contribution is 2.22. The van der Waals surface area contributed by atoms with Gasteiger partial charge in [-0.3, -0.25) is 9.48 Å². The van der Waals surface area contributed by atoms with Gasteiger partial charge in [-0.25, -0.2) is 0 Å². The Kier molecular flexibility index (Phi) is 5.31. The number of rotatable bonds is 7. The van der Waals surface area contributed by atoms with E-state index in [-0.39, 0.29) is 5.78 Å². The van der Waals surface area contributed by atoms with E-state index in [0.29, 0.717) is 30.3 Å². The number of carbonyl (C=O) groups excluding carboxylic acids is 1. The molecule has 0 aliphatic heterocycles. The molecule has 1 unspecified atom stereocenters. The van der Waals surface area contributed by atoms with Gasteiger partial charge in [0, 0.05) is 7.11 Å². The van der Waals surface area contributed by atoms with Gasteiger partial charge in [0.15, 0.2) is 0 Å². The van der Waals surface area contributed by atoms with Crippen molar-refractivity contribution in [1.82, 2.24) is 9.78 Å². The summed E-state index contributed by atoms with van der Waals surface area (Å²) in [6, 6.07) is 0. The van der Waals surface area contributed by atoms with Gasteiger partial charge in [0.1, 0.15) is 5.69 Å². The predicted octanol–water partition coefficient (Wildman–Crippen LogP) is 1.88. The number of methoxy groups -OCH3 is 1. The second-order valence-corrected chi connectivity index (χ2v) is 4.96. The van der Waals surface area contributed by atoms with Crippen LogP contribution in [0.5, 0.6) is 0 Å². The van der Waals surface area contributed by atoms with Crippen molar-refractivity contribution in [1.29, 1.82) is 0 Å². The number of halogens is 1. The maximum Gasteiger partial charge on any atom is 0.201 e. The molecular weight excluding hydrogens is 254 g/mol. The van der Waals surface area contributed by atoms with Crippen LogP contribution < -0.4 is 5.73 Å². The summed E-state index contributed by atoms with van der Waals surface area (Å²) in [5.41, 5.74) is 5.50. The molecule has 0 fully saturated rings. The summed E-state index contributed by atoms with van der Waals surface area (Å²) in [4.78, 5) is 12.4. The maximum atomic E-state index is 12.4. The van der Waals surface area contributed by atoms with Crippen LogP contribution in [-0.4, -0.2) is 34.8 Å². The smallest absolute Gasteiger partial charge is 0.201 e. The van der Waals surface area contributed by atoms with Crippen LogP contribution in [0.15, 0.2) is 6.20 Å². The fourth-order valence-electron chi connectivity index (χ4n) is 1.84. The fourth-order valence-corrected chi connectivity index (χ4v) is 2.07. The first kappa shape index (κ1) is 15.1. The van der Waals surface area contributed by atoms with E-state index in [1.54, 1.807) is 18.7 Å². The summed E-state index contributed by atoms with van der Waals surface area (Å²) in [6.07, 6.45) is 2.91. The van der Waals surface area contributed by atoms with Crippen LogP contribution in [0.1, 0.15) is 37.2 Å². The third kappa shape index (κ3) is 3.31. The first-order valence-corrected chi connectivity index (χ1v) is 6.35. The quantitative estimate of drug-likeness (QED) is 0.770. The van der Waals surface area contributed by atoms with E-state index in [0.717, 1.165) is 6.42 Å². The lowest BCUT2D eigenvalue weighted by molar-refractivity contribution is 0.0878. The van der Waals surface area contributed by atoms with Crippen LogP contribution in [-0.2, 0) is 11.3 Å². The minimum atomic E-state index is -0.913. The SMILES string of the molecule is CCCC(C)(N)C(=O)c1c(Cl)cnn1CCOC. The molecule has 1 heterocycles. The lowest BCUT2D eigenvalue weighted by Crippen LogP contribution is -2.45. The molecule has 6 heteroatoms. The molecule has 0 amide bonds. The Bertz CT molecular complexity index is 415. The number of nitrogens with two attached hydrogens (primary N) is 1. The van der Waals surface area contributed by atoms with Gasteiger partial charge < -0.3 is 10.5 Å². The van der Waals surface area contributed by atoms with Gasteiger partial charge in [-0.1, -0.05) is 24.9 Å². The summed E-state index contributed by atoms with van der Waals surface area (Å²) >= 11 is 6.02. The van der Waals surface area contributed by atoms with E-state index in [4.69, 9.17) is 22.1 Å². The molecule has 0 saturated heterocycles. The lowest BCUT2D eigenvalue weighted by atomic mass is 9.90. The molecule has 0 radical (unpaired) electrons. The number of nitrogens with zero attached hydrogens (tertiary/aromatic N) is 2. The van der Waals surface area contributed by atoms with E-state index >= 15 is 0 Å². The average molecular weight is 274 g/mol. The highest BCUT2D eigenvalue weighted by atomic mass is 35.5. The maximum absolute atomic E-state index is 12.4. The van der Waals surface area contributed by atoms with Gasteiger partial charge >= 0.3 is 0 Å². The molecule has 0 aliphatic carbocycles. The summed E-state index contributed by atoms with van der Waals surface area (Å²) in [5.74, 6) is -0.178. The van der Waals surface area contributed by atoms with Crippen LogP contribution in [0.4, 0.5) is 0 Å². The Morgan fingerprint density at radius 2 is 2.33 bits per heavy atom. The van der Waals surface area contributed by atoms with E-state index in [1.807, 2.05) is 6.92 Å². The van der Waals surface area contributed by atoms with Crippen molar-refractivity contribution in [2.24, 2.45) is 5.73 Å². The predicted molar refractivity (Wildman–Crippen MR) is 70.9 cm³/mol. The molecule has 0 aliphatic rings. The van der Waals surface area contributed by atoms with E-state index in [2.05, 4.69) is 5.10 Å². The van der Waals surface area contributed by atoms with Gasteiger partial charge in [0.25, 0.3) is 0 Å². The van der Waals surface area contributed by atoms with E-state index in [1.165, 1.54) is 6.20 Å². The molecule has 1 aromatic heterocycles. The van der Waals surface area contributed by atoms with Crippen LogP contribution in [0.2, 0.25) is 5.02 Å². The summed E-state index contributed by atoms with van der Waals surface area (Å²) in [6.45, 7) is 4.66. The minimum absolute atomic E-state index is 0.178. The fraction of sp³-hybridized carbons (Fsp3) is 0.667. The zero-order valence-electron chi connectivity index (χ0n) is 11.1. The molecule has 18 heavy (non-hydrogen) atoms. The van der Waals surface area contributed by atoms with Crippen molar-refractivity contribution in [3.63, 3.8) is 0 Å². The molecule has 1 aromatic rings. The average Bonchev–Trinajstić information content (AvgIpc) is 2.66. The third-order valence-corrected chi connectivity index (χ3v) is 3.08. The van der Waals surface area contributed by atoms with E-state index < -0.39 is 5.54 Å². The van der Waals surface area contributed by atoms with Crippen LogP contribution in [0, 0.1) is 0 Å². The molecule has 0 saturated carbocycles. The van der Waals surface area contributed by atoms with Crippen LogP contribution >= 0.6 is 11.6 Å². The molecule has 0 spiro atoms. The van der Waals surface area contributed by atoms with Gasteiger partial charge in [-0.15, -0.1) is 0 Å². The number of ether oxygens (including phenoxy) is 1. The topological polar surface area (TPSA) is 70.1 Å². The summed E-state index contributed by atoms with van der Waals surface area (Å²) < 4.78 is 6.53. The largest absolute Gasteiger partial charge is 0.383 e. The normalized spacial score (nSPS) is 14.5. The second-order valence-electron chi connectivity index (χ2n) is 4.55. The Morgan fingerprint density at radius 1 is 1.67 bits per heavy atom. The zero-order valence-corrected chi connectivity index (χ0v) is 11.8. The number of carbonyl (C=O) groups is 1. The van der Waals surface area contributed by atoms with Crippen molar-refractivity contribution in [3.8, 4) is 0 Å². The van der Waals surface area contributed by atoms with Crippen molar-refractivity contribution in [3.05, 3.63) is 16.9 Å². The summed E-state index contributed by atoms with van der Waals surface area (Å²) in [7, 11) is 1.59. The van der Waals surface area contributed by atoms with Crippen molar-refractivity contribution < 1.29 is 9.53 Å². The van der Waals surface area contributed by atoms with Crippen molar-refractivity contribution in [2.75, 3.05) is 13.7 Å². The Labute approximate surface area is 112 Å². The molecule has 0 bridgehead atoms.